The zero-order valence-corrected chi connectivity index (χ0v) is 27.8. The Morgan fingerprint density at radius 2 is 1.51 bits per heavy atom. The normalized spacial score (nSPS) is 18.2. The van der Waals surface area contributed by atoms with Gasteiger partial charge in [0.05, 0.1) is 29.2 Å². The summed E-state index contributed by atoms with van der Waals surface area (Å²) >= 11 is 0. The van der Waals surface area contributed by atoms with E-state index < -0.39 is 118 Å². The number of carbonyl (C=O) groups excluding carboxylic acids is 1. The van der Waals surface area contributed by atoms with Gasteiger partial charge in [-0.2, -0.15) is 39.5 Å². The smallest absolute Gasteiger partial charge is 0.419 e. The van der Waals surface area contributed by atoms with Gasteiger partial charge in [-0.15, -0.1) is 0 Å². The molecule has 1 aromatic heterocycles. The van der Waals surface area contributed by atoms with Gasteiger partial charge >= 0.3 is 24.5 Å². The quantitative estimate of drug-likeness (QED) is 0.193. The Morgan fingerprint density at radius 3 is 2.13 bits per heavy atom. The minimum atomic E-state index is -5.57. The summed E-state index contributed by atoms with van der Waals surface area (Å²) < 4.78 is 164. The van der Waals surface area contributed by atoms with Crippen molar-refractivity contribution in [2.75, 3.05) is 19.6 Å². The second-order valence-corrected chi connectivity index (χ2v) is 12.9. The lowest BCUT2D eigenvalue weighted by molar-refractivity contribution is -0.140. The van der Waals surface area contributed by atoms with Gasteiger partial charge in [-0.05, 0) is 59.5 Å². The van der Waals surface area contributed by atoms with E-state index in [-0.39, 0.29) is 43.1 Å². The van der Waals surface area contributed by atoms with E-state index in [1.165, 1.54) is 23.1 Å². The van der Waals surface area contributed by atoms with Crippen LogP contribution in [0.1, 0.15) is 51.9 Å². The number of aromatic nitrogens is 1. The summed E-state index contributed by atoms with van der Waals surface area (Å²) in [6, 6.07) is 3.37. The molecule has 55 heavy (non-hydrogen) atoms. The van der Waals surface area contributed by atoms with E-state index in [0.717, 1.165) is 18.2 Å². The lowest BCUT2D eigenvalue weighted by Gasteiger charge is -2.34. The fourth-order valence-corrected chi connectivity index (χ4v) is 6.60. The highest BCUT2D eigenvalue weighted by atomic mass is 19.4. The molecule has 0 aliphatic carbocycles. The number of hydrogen-bond donors (Lipinski definition) is 2. The molecule has 0 radical (unpaired) electrons. The third-order valence-corrected chi connectivity index (χ3v) is 9.10. The topological polar surface area (TPSA) is 101 Å². The van der Waals surface area contributed by atoms with Gasteiger partial charge in [0.25, 0.3) is 5.56 Å². The molecule has 3 heterocycles. The largest absolute Gasteiger partial charge is 0.481 e. The molecule has 3 aromatic carbocycles. The molecule has 292 valence electrons. The van der Waals surface area contributed by atoms with Crippen molar-refractivity contribution in [1.29, 1.82) is 0 Å². The van der Waals surface area contributed by atoms with Gasteiger partial charge in [0.15, 0.2) is 0 Å². The number of carboxylic acids is 1. The monoisotopic (exact) mass is 789 g/mol. The summed E-state index contributed by atoms with van der Waals surface area (Å²) in [6.07, 6.45) is -18.1. The molecule has 6 rings (SSSR count). The number of hydrogen-bond acceptors (Lipinski definition) is 5. The Hall–Kier alpha value is -5.46. The molecule has 4 bridgehead atoms. The molecular weight excluding hydrogens is 763 g/mol. The lowest BCUT2D eigenvalue weighted by atomic mass is 9.91. The molecule has 1 fully saturated rings. The number of nitrogens with zero attached hydrogens (tertiary/aromatic N) is 2. The first-order chi connectivity index (χ1) is 25.6. The number of halogens is 11. The number of nitrogens with one attached hydrogen (secondary N) is 1. The number of fused-ring (bicyclic) bond motifs is 6. The van der Waals surface area contributed by atoms with Crippen LogP contribution in [0.2, 0.25) is 0 Å². The number of ether oxygens (including phenoxy) is 1. The van der Waals surface area contributed by atoms with Crippen LogP contribution in [0.15, 0.2) is 71.7 Å². The second kappa shape index (κ2) is 14.3. The van der Waals surface area contributed by atoms with Crippen LogP contribution in [0.25, 0.3) is 11.1 Å². The third-order valence-electron chi connectivity index (χ3n) is 9.10. The highest BCUT2D eigenvalue weighted by Crippen LogP contribution is 2.47. The van der Waals surface area contributed by atoms with Crippen LogP contribution in [0.4, 0.5) is 48.3 Å². The maximum absolute atomic E-state index is 15.9. The van der Waals surface area contributed by atoms with E-state index in [9.17, 15) is 63.4 Å². The van der Waals surface area contributed by atoms with Crippen molar-refractivity contribution >= 4 is 11.9 Å². The Morgan fingerprint density at radius 1 is 0.855 bits per heavy atom. The summed E-state index contributed by atoms with van der Waals surface area (Å²) in [4.78, 5) is 41.2. The fourth-order valence-electron chi connectivity index (χ4n) is 6.60. The zero-order chi connectivity index (χ0) is 40.2. The summed E-state index contributed by atoms with van der Waals surface area (Å²) in [5.41, 5.74) is -10.4. The number of pyridine rings is 1. The zero-order valence-electron chi connectivity index (χ0n) is 27.8. The molecule has 2 N–H and O–H groups in total. The molecule has 8 nitrogen and oxygen atoms in total. The van der Waals surface area contributed by atoms with Crippen molar-refractivity contribution < 1.29 is 67.7 Å². The van der Waals surface area contributed by atoms with Crippen molar-refractivity contribution in [3.05, 3.63) is 116 Å². The van der Waals surface area contributed by atoms with Crippen LogP contribution in [-0.4, -0.2) is 52.3 Å². The Balaban J connectivity index is 1.62. The van der Waals surface area contributed by atoms with E-state index in [2.05, 4.69) is 5.32 Å². The van der Waals surface area contributed by atoms with Crippen molar-refractivity contribution in [3.8, 4) is 22.6 Å². The molecule has 0 spiro atoms. The number of likely N-dealkylation sites (tertiary alicyclic amines) is 1. The highest BCUT2D eigenvalue weighted by Gasteiger charge is 2.42. The first-order valence-electron chi connectivity index (χ1n) is 16.2. The van der Waals surface area contributed by atoms with Crippen molar-refractivity contribution in [2.24, 2.45) is 0 Å². The molecule has 2 aliphatic rings. The van der Waals surface area contributed by atoms with Crippen molar-refractivity contribution in [1.82, 2.24) is 14.8 Å². The first-order valence-corrected chi connectivity index (χ1v) is 16.2. The minimum absolute atomic E-state index is 0.0643. The summed E-state index contributed by atoms with van der Waals surface area (Å²) in [6.45, 7) is -0.227. The second-order valence-electron chi connectivity index (χ2n) is 12.9. The van der Waals surface area contributed by atoms with E-state index in [1.807, 2.05) is 0 Å². The Bertz CT molecular complexity index is 2210. The predicted octanol–water partition coefficient (Wildman–Crippen LogP) is 7.93. The molecule has 0 saturated carbocycles. The van der Waals surface area contributed by atoms with Gasteiger partial charge in [0.2, 0.25) is 5.91 Å². The summed E-state index contributed by atoms with van der Waals surface area (Å²) in [5, 5.41) is 11.8. The van der Waals surface area contributed by atoms with Crippen LogP contribution in [0.3, 0.4) is 0 Å². The lowest BCUT2D eigenvalue weighted by Crippen LogP contribution is -2.49. The summed E-state index contributed by atoms with van der Waals surface area (Å²) in [5.74, 6) is -6.45. The molecule has 19 heteroatoms. The summed E-state index contributed by atoms with van der Waals surface area (Å²) in [7, 11) is 0. The van der Waals surface area contributed by atoms with Crippen LogP contribution < -0.4 is 15.6 Å². The van der Waals surface area contributed by atoms with Gasteiger partial charge in [0.1, 0.15) is 29.5 Å². The molecule has 1 amide bonds. The maximum atomic E-state index is 15.9. The van der Waals surface area contributed by atoms with Gasteiger partial charge in [-0.1, -0.05) is 18.2 Å². The van der Waals surface area contributed by atoms with Gasteiger partial charge in [-0.3, -0.25) is 23.9 Å². The number of amides is 1. The Kier molecular flexibility index (Phi) is 10.2. The molecule has 2 atom stereocenters. The van der Waals surface area contributed by atoms with Crippen molar-refractivity contribution in [2.45, 2.75) is 49.6 Å². The van der Waals surface area contributed by atoms with E-state index in [1.54, 1.807) is 0 Å². The molecule has 1 saturated heterocycles. The van der Waals surface area contributed by atoms with E-state index in [4.69, 9.17) is 4.74 Å². The highest BCUT2D eigenvalue weighted by molar-refractivity contribution is 5.85. The average molecular weight is 790 g/mol. The van der Waals surface area contributed by atoms with Crippen LogP contribution >= 0.6 is 0 Å². The van der Waals surface area contributed by atoms with Crippen LogP contribution in [0.5, 0.6) is 11.5 Å². The fraction of sp³-hybridized carbons (Fsp3) is 0.306. The van der Waals surface area contributed by atoms with Crippen molar-refractivity contribution in [3.63, 3.8) is 0 Å². The van der Waals surface area contributed by atoms with Gasteiger partial charge < -0.3 is 15.2 Å². The molecular formula is C36H26F11N3O5. The van der Waals surface area contributed by atoms with Crippen LogP contribution in [0, 0.1) is 5.82 Å². The SMILES string of the molecule is O=C(O)C[C@H]1NC(=O)[C@H](n2cc(CCN3CC(F)C3)c(C(F)(F)F)cc2=O)c2cccc(c2)Oc2cccc(C(F)(F)F)c2-c2cc1c(F)c(C(F)(F)F)c2. The predicted molar refractivity (Wildman–Crippen MR) is 170 cm³/mol. The number of carboxylic acid groups (broad SMARTS) is 1. The standard InChI is InChI=1S/C36H26F11N3O5/c37-20-15-49(16-20)8-7-18-14-50(28(51)12-24(18)35(42,43)44)32-17-3-1-4-21(9-17)55-27-6-2-5-23(34(39,40)41)30(27)19-10-22(26(13-29(52)53)48-33(32)54)31(38)25(11-19)36(45,46)47/h1-6,9-12,14,20,26,32H,7-8,13,15-16H2,(H,48,54)(H,52,53)/t26-,32-/m1/s1. The molecule has 2 aliphatic heterocycles. The number of rotatable bonds is 6. The van der Waals surface area contributed by atoms with E-state index >= 15 is 4.39 Å². The van der Waals surface area contributed by atoms with Gasteiger partial charge in [0, 0.05) is 43.0 Å². The number of aliphatic carboxylic acids is 1. The Labute approximate surface area is 302 Å². The first kappa shape index (κ1) is 39.2. The minimum Gasteiger partial charge on any atom is -0.481 e. The molecule has 4 aromatic rings. The third kappa shape index (κ3) is 8.16. The number of benzene rings is 3. The molecule has 0 unspecified atom stereocenters. The number of carbonyl (C=O) groups is 2. The van der Waals surface area contributed by atoms with Crippen LogP contribution in [-0.2, 0) is 34.5 Å². The van der Waals surface area contributed by atoms with E-state index in [0.29, 0.717) is 22.9 Å². The number of alkyl halides is 10. The maximum Gasteiger partial charge on any atom is 0.419 e. The van der Waals surface area contributed by atoms with Gasteiger partial charge in [-0.25, -0.2) is 8.78 Å². The average Bonchev–Trinajstić information content (AvgIpc) is 3.05.